The molecule has 1 aliphatic rings. The summed E-state index contributed by atoms with van der Waals surface area (Å²) >= 11 is 0. The molecule has 1 saturated heterocycles. The number of carbonyl (C=O) groups excluding carboxylic acids is 1. The Bertz CT molecular complexity index is 414. The van der Waals surface area contributed by atoms with E-state index in [1.165, 1.54) is 7.11 Å². The Morgan fingerprint density at radius 3 is 2.89 bits per heavy atom. The number of carbonyl (C=O) groups is 1. The van der Waals surface area contributed by atoms with Crippen molar-refractivity contribution in [1.82, 2.24) is 4.98 Å². The van der Waals surface area contributed by atoms with E-state index in [4.69, 9.17) is 9.84 Å². The van der Waals surface area contributed by atoms with Crippen molar-refractivity contribution in [3.05, 3.63) is 24.0 Å². The number of anilines is 1. The fourth-order valence-corrected chi connectivity index (χ4v) is 2.29. The molecular weight excluding hydrogens is 232 g/mol. The second-order valence-corrected chi connectivity index (χ2v) is 4.50. The first-order valence-corrected chi connectivity index (χ1v) is 6.14. The van der Waals surface area contributed by atoms with E-state index in [0.29, 0.717) is 11.5 Å². The minimum absolute atomic E-state index is 0.244. The minimum atomic E-state index is -0.359. The third-order valence-electron chi connectivity index (χ3n) is 3.42. The highest BCUT2D eigenvalue weighted by Gasteiger charge is 2.22. The summed E-state index contributed by atoms with van der Waals surface area (Å²) in [5.74, 6) is 0.0204. The molecule has 0 amide bonds. The fraction of sp³-hybridized carbons (Fsp3) is 0.538. The highest BCUT2D eigenvalue weighted by atomic mass is 16.5. The minimum Gasteiger partial charge on any atom is -0.465 e. The predicted octanol–water partition coefficient (Wildman–Crippen LogP) is 1.08. The molecule has 0 radical (unpaired) electrons. The van der Waals surface area contributed by atoms with Gasteiger partial charge in [-0.25, -0.2) is 4.79 Å². The highest BCUT2D eigenvalue weighted by molar-refractivity contribution is 5.95. The molecule has 98 valence electrons. The highest BCUT2D eigenvalue weighted by Crippen LogP contribution is 2.26. The molecule has 0 saturated carbocycles. The normalized spacial score (nSPS) is 16.7. The maximum absolute atomic E-state index is 11.7. The van der Waals surface area contributed by atoms with Crippen LogP contribution in [0.2, 0.25) is 0 Å². The van der Waals surface area contributed by atoms with Gasteiger partial charge in [0.05, 0.1) is 12.8 Å². The number of ether oxygens (including phenoxy) is 1. The van der Waals surface area contributed by atoms with Crippen LogP contribution in [-0.4, -0.2) is 42.9 Å². The van der Waals surface area contributed by atoms with E-state index >= 15 is 0 Å². The van der Waals surface area contributed by atoms with Crippen LogP contribution in [0.15, 0.2) is 18.5 Å². The SMILES string of the molecule is COC(=O)c1cnccc1N1CCC(CO)CC1. The molecule has 5 heteroatoms. The van der Waals surface area contributed by atoms with Gasteiger partial charge in [-0.1, -0.05) is 0 Å². The van der Waals surface area contributed by atoms with Crippen LogP contribution < -0.4 is 4.90 Å². The Kier molecular flexibility index (Phi) is 4.15. The van der Waals surface area contributed by atoms with Crippen LogP contribution in [0, 0.1) is 5.92 Å². The molecule has 1 aliphatic heterocycles. The molecule has 2 heterocycles. The molecule has 0 aromatic carbocycles. The van der Waals surface area contributed by atoms with E-state index in [2.05, 4.69) is 9.88 Å². The predicted molar refractivity (Wildman–Crippen MR) is 67.6 cm³/mol. The van der Waals surface area contributed by atoms with Crippen molar-refractivity contribution >= 4 is 11.7 Å². The van der Waals surface area contributed by atoms with E-state index < -0.39 is 0 Å². The molecular formula is C13H18N2O3. The lowest BCUT2D eigenvalue weighted by Crippen LogP contribution is -2.35. The summed E-state index contributed by atoms with van der Waals surface area (Å²) in [6, 6.07) is 1.84. The zero-order valence-electron chi connectivity index (χ0n) is 10.5. The summed E-state index contributed by atoms with van der Waals surface area (Å²) in [5, 5.41) is 9.13. The van der Waals surface area contributed by atoms with E-state index in [1.54, 1.807) is 12.4 Å². The number of piperidine rings is 1. The average molecular weight is 250 g/mol. The Hall–Kier alpha value is -1.62. The lowest BCUT2D eigenvalue weighted by molar-refractivity contribution is 0.0600. The molecule has 1 aromatic heterocycles. The van der Waals surface area contributed by atoms with Crippen LogP contribution in [-0.2, 0) is 4.74 Å². The van der Waals surface area contributed by atoms with Crippen molar-refractivity contribution < 1.29 is 14.6 Å². The molecule has 0 spiro atoms. The topological polar surface area (TPSA) is 62.7 Å². The smallest absolute Gasteiger partial charge is 0.341 e. The molecule has 0 aliphatic carbocycles. The number of pyridine rings is 1. The van der Waals surface area contributed by atoms with Gasteiger partial charge in [0.25, 0.3) is 0 Å². The molecule has 0 bridgehead atoms. The number of hydrogen-bond acceptors (Lipinski definition) is 5. The number of aromatic nitrogens is 1. The van der Waals surface area contributed by atoms with Crippen molar-refractivity contribution in [3.63, 3.8) is 0 Å². The van der Waals surface area contributed by atoms with Crippen LogP contribution in [0.4, 0.5) is 5.69 Å². The summed E-state index contributed by atoms with van der Waals surface area (Å²) in [6.07, 6.45) is 5.11. The Labute approximate surface area is 106 Å². The van der Waals surface area contributed by atoms with Crippen LogP contribution in [0.1, 0.15) is 23.2 Å². The summed E-state index contributed by atoms with van der Waals surface area (Å²) in [5.41, 5.74) is 1.37. The van der Waals surface area contributed by atoms with Crippen LogP contribution in [0.3, 0.4) is 0 Å². The van der Waals surface area contributed by atoms with Crippen molar-refractivity contribution in [3.8, 4) is 0 Å². The largest absolute Gasteiger partial charge is 0.465 e. The molecule has 1 aromatic rings. The van der Waals surface area contributed by atoms with Gasteiger partial charge >= 0.3 is 5.97 Å². The lowest BCUT2D eigenvalue weighted by atomic mass is 9.97. The van der Waals surface area contributed by atoms with Crippen LogP contribution >= 0.6 is 0 Å². The average Bonchev–Trinajstić information content (AvgIpc) is 2.46. The zero-order chi connectivity index (χ0) is 13.0. The third kappa shape index (κ3) is 2.61. The summed E-state index contributed by atoms with van der Waals surface area (Å²) in [7, 11) is 1.37. The molecule has 0 atom stereocenters. The van der Waals surface area contributed by atoms with E-state index in [-0.39, 0.29) is 12.6 Å². The number of esters is 1. The maximum atomic E-state index is 11.7. The van der Waals surface area contributed by atoms with Gasteiger partial charge in [-0.05, 0) is 24.8 Å². The van der Waals surface area contributed by atoms with Crippen molar-refractivity contribution in [2.24, 2.45) is 5.92 Å². The molecule has 5 nitrogen and oxygen atoms in total. The number of rotatable bonds is 3. The standard InChI is InChI=1S/C13H18N2O3/c1-18-13(17)11-8-14-5-2-12(11)15-6-3-10(9-16)4-7-15/h2,5,8,10,16H,3-4,6-7,9H2,1H3. The maximum Gasteiger partial charge on any atom is 0.341 e. The van der Waals surface area contributed by atoms with Gasteiger partial charge in [0.15, 0.2) is 0 Å². The lowest BCUT2D eigenvalue weighted by Gasteiger charge is -2.33. The second-order valence-electron chi connectivity index (χ2n) is 4.50. The first-order valence-electron chi connectivity index (χ1n) is 6.14. The van der Waals surface area contributed by atoms with Gasteiger partial charge < -0.3 is 14.7 Å². The van der Waals surface area contributed by atoms with Crippen molar-refractivity contribution in [2.75, 3.05) is 31.7 Å². The monoisotopic (exact) mass is 250 g/mol. The molecule has 1 fully saturated rings. The van der Waals surface area contributed by atoms with Gasteiger partial charge in [-0.2, -0.15) is 0 Å². The number of aliphatic hydroxyl groups is 1. The Balaban J connectivity index is 2.16. The third-order valence-corrected chi connectivity index (χ3v) is 3.42. The Morgan fingerprint density at radius 1 is 1.56 bits per heavy atom. The first kappa shape index (κ1) is 12.8. The summed E-state index contributed by atoms with van der Waals surface area (Å²) < 4.78 is 4.76. The summed E-state index contributed by atoms with van der Waals surface area (Å²) in [4.78, 5) is 17.8. The van der Waals surface area contributed by atoms with Crippen LogP contribution in [0.25, 0.3) is 0 Å². The van der Waals surface area contributed by atoms with Gasteiger partial charge in [0.2, 0.25) is 0 Å². The van der Waals surface area contributed by atoms with Crippen molar-refractivity contribution in [2.45, 2.75) is 12.8 Å². The number of hydrogen-bond donors (Lipinski definition) is 1. The number of aliphatic hydroxyl groups excluding tert-OH is 1. The summed E-state index contributed by atoms with van der Waals surface area (Å²) in [6.45, 7) is 1.94. The van der Waals surface area contributed by atoms with Gasteiger partial charge in [-0.15, -0.1) is 0 Å². The molecule has 0 unspecified atom stereocenters. The second kappa shape index (κ2) is 5.82. The molecule has 1 N–H and O–H groups in total. The quantitative estimate of drug-likeness (QED) is 0.813. The zero-order valence-corrected chi connectivity index (χ0v) is 10.5. The van der Waals surface area contributed by atoms with Crippen molar-refractivity contribution in [1.29, 1.82) is 0 Å². The van der Waals surface area contributed by atoms with E-state index in [9.17, 15) is 4.79 Å². The van der Waals surface area contributed by atoms with E-state index in [0.717, 1.165) is 31.6 Å². The fourth-order valence-electron chi connectivity index (χ4n) is 2.29. The first-order chi connectivity index (χ1) is 8.76. The molecule has 2 rings (SSSR count). The van der Waals surface area contributed by atoms with Crippen LogP contribution in [0.5, 0.6) is 0 Å². The van der Waals surface area contributed by atoms with E-state index in [1.807, 2.05) is 6.07 Å². The number of nitrogens with zero attached hydrogens (tertiary/aromatic N) is 2. The van der Waals surface area contributed by atoms with Gasteiger partial charge in [-0.3, -0.25) is 4.98 Å². The number of methoxy groups -OCH3 is 1. The molecule has 18 heavy (non-hydrogen) atoms. The van der Waals surface area contributed by atoms with Gasteiger partial charge in [0, 0.05) is 32.1 Å². The Morgan fingerprint density at radius 2 is 2.28 bits per heavy atom. The van der Waals surface area contributed by atoms with Gasteiger partial charge in [0.1, 0.15) is 5.56 Å².